The number of rotatable bonds is 17. The fourth-order valence-electron chi connectivity index (χ4n) is 16.4. The summed E-state index contributed by atoms with van der Waals surface area (Å²) in [5.74, 6) is -2.79. The Morgan fingerprint density at radius 1 is 0.762 bits per heavy atom. The molecule has 0 unspecified atom stereocenters. The molecule has 6 heterocycles. The van der Waals surface area contributed by atoms with Gasteiger partial charge in [0.2, 0.25) is 0 Å². The summed E-state index contributed by atoms with van der Waals surface area (Å²) >= 11 is 0. The van der Waals surface area contributed by atoms with Crippen LogP contribution in [0.15, 0.2) is 89.6 Å². The quantitative estimate of drug-likeness (QED) is 0.0498. The van der Waals surface area contributed by atoms with E-state index in [-0.39, 0.29) is 57.8 Å². The lowest BCUT2D eigenvalue weighted by Crippen LogP contribution is -2.66. The fraction of sp³-hybridized carbons (Fsp3) is 0.754. The molecule has 6 aliphatic heterocycles. The Morgan fingerprint density at radius 3 is 2.04 bits per heavy atom. The van der Waals surface area contributed by atoms with Gasteiger partial charge in [-0.05, 0) is 152 Å². The van der Waals surface area contributed by atoms with Crippen molar-refractivity contribution in [2.75, 3.05) is 13.2 Å². The fourth-order valence-corrected chi connectivity index (χ4v) is 25.5. The number of hydrogen-bond donors (Lipinski definition) is 0. The van der Waals surface area contributed by atoms with Crippen LogP contribution >= 0.6 is 0 Å². The third-order valence-electron chi connectivity index (χ3n) is 22.7. The first-order valence-electron chi connectivity index (χ1n) is 33.0. The van der Waals surface area contributed by atoms with Crippen LogP contribution in [0.1, 0.15) is 193 Å². The highest BCUT2D eigenvalue weighted by atomic mass is 28.4. The molecule has 466 valence electrons. The van der Waals surface area contributed by atoms with E-state index in [1.807, 2.05) is 0 Å². The molecule has 0 radical (unpaired) electrons. The number of carbonyl (C=O) groups excluding carboxylic acids is 1. The molecule has 6 saturated heterocycles. The van der Waals surface area contributed by atoms with Crippen LogP contribution in [0.25, 0.3) is 10.4 Å². The Balaban J connectivity index is 1.18. The van der Waals surface area contributed by atoms with Gasteiger partial charge in [0.05, 0.1) is 31.0 Å². The smallest absolute Gasteiger partial charge is 0.261 e. The first kappa shape index (κ1) is 65.7. The van der Waals surface area contributed by atoms with E-state index in [9.17, 15) is 5.53 Å². The molecule has 2 aromatic carbocycles. The van der Waals surface area contributed by atoms with Crippen LogP contribution in [0.3, 0.4) is 0 Å². The molecule has 7 aliphatic rings. The van der Waals surface area contributed by atoms with E-state index in [4.69, 9.17) is 43.5 Å². The number of carbonyl (C=O) groups is 1. The first-order chi connectivity index (χ1) is 39.6. The summed E-state index contributed by atoms with van der Waals surface area (Å²) in [6.07, 6.45) is 12.2. The molecule has 9 rings (SSSR count). The normalized spacial score (nSPS) is 35.2. The van der Waals surface area contributed by atoms with Gasteiger partial charge in [-0.1, -0.05) is 167 Å². The predicted octanol–water partition coefficient (Wildman–Crippen LogP) is 16.6. The first-order valence-corrected chi connectivity index (χ1v) is 40.4. The maximum atomic E-state index is 16.4. The summed E-state index contributed by atoms with van der Waals surface area (Å²) in [6.45, 7) is 40.1. The minimum Gasteiger partial charge on any atom is -0.411 e. The van der Waals surface area contributed by atoms with Gasteiger partial charge >= 0.3 is 0 Å². The molecule has 2 aromatic rings. The van der Waals surface area contributed by atoms with E-state index < -0.39 is 65.5 Å². The van der Waals surface area contributed by atoms with E-state index >= 15 is 4.79 Å². The largest absolute Gasteiger partial charge is 0.411 e. The van der Waals surface area contributed by atoms with Crippen molar-refractivity contribution in [1.29, 1.82) is 0 Å². The monoisotopic (exact) mass is 1210 g/mol. The molecule has 3 spiro atoms. The summed E-state index contributed by atoms with van der Waals surface area (Å²) in [7, 11) is -7.49. The Labute approximate surface area is 510 Å². The van der Waals surface area contributed by atoms with Crippen molar-refractivity contribution in [2.45, 2.75) is 288 Å². The number of ether oxygens (including phenoxy) is 5. The zero-order valence-electron chi connectivity index (χ0n) is 54.6. The van der Waals surface area contributed by atoms with E-state index in [1.54, 1.807) is 0 Å². The molecule has 84 heavy (non-hydrogen) atoms. The number of azide groups is 1. The molecule has 6 fully saturated rings. The second-order valence-corrected chi connectivity index (χ2v) is 44.1. The SMILES string of the molecule is C=C1CCCC(=O)[C@@]2(C[C@H](C)[C@@H](C)CN=[N+]=[N-])CCC(CO[Si](c3ccccc3)(c3ccccc3)C(C)(C)C)=C[C@@H]2[C@@H]2O[C@]3(C[C@H]4CCC[C@@]5(CC[C@@]6(O[C@@H](CC[C@@]6(C)O[Si](CC)(CC)CC)C1)O5)O4)C[C@@H](C)[C@@H](O[Si](C)(C)C(C)(C)C)[C@H]2O3. The summed E-state index contributed by atoms with van der Waals surface area (Å²) in [4.78, 5) is 19.6. The van der Waals surface area contributed by atoms with Gasteiger partial charge in [-0.2, -0.15) is 0 Å². The van der Waals surface area contributed by atoms with E-state index in [2.05, 4.69) is 180 Å². The Hall–Kier alpha value is -2.77. The highest BCUT2D eigenvalue weighted by Gasteiger charge is 2.68. The van der Waals surface area contributed by atoms with Crippen LogP contribution in [-0.2, 0) is 41.8 Å². The zero-order valence-corrected chi connectivity index (χ0v) is 57.6. The Kier molecular flexibility index (Phi) is 19.7. The number of nitrogens with zero attached hydrogens (tertiary/aromatic N) is 3. The third kappa shape index (κ3) is 12.7. The van der Waals surface area contributed by atoms with Crippen LogP contribution in [-0.4, -0.2) is 97.4 Å². The molecular weight excluding hydrogens is 1100 g/mol. The van der Waals surface area contributed by atoms with Crippen molar-refractivity contribution in [1.82, 2.24) is 0 Å². The molecule has 0 N–H and O–H groups in total. The number of Topliss-reactive ketones (excluding diaryl/α,β-unsaturated/α-hetero) is 1. The summed E-state index contributed by atoms with van der Waals surface area (Å²) in [5, 5.41) is 6.29. The van der Waals surface area contributed by atoms with E-state index in [0.29, 0.717) is 77.4 Å². The Bertz CT molecular complexity index is 2640. The number of fused-ring (bicyclic) bond motifs is 7. The van der Waals surface area contributed by atoms with Gasteiger partial charge in [0.25, 0.3) is 8.32 Å². The van der Waals surface area contributed by atoms with Crippen LogP contribution in [0.5, 0.6) is 0 Å². The number of benzene rings is 2. The van der Waals surface area contributed by atoms with Crippen molar-refractivity contribution in [3.8, 4) is 0 Å². The molecule has 15 heteroatoms. The molecule has 14 atom stereocenters. The highest BCUT2D eigenvalue weighted by Crippen LogP contribution is 2.60. The van der Waals surface area contributed by atoms with Gasteiger partial charge in [-0.3, -0.25) is 4.79 Å². The van der Waals surface area contributed by atoms with Crippen molar-refractivity contribution in [3.63, 3.8) is 0 Å². The van der Waals surface area contributed by atoms with Crippen molar-refractivity contribution in [2.24, 2.45) is 34.2 Å². The topological polar surface area (TPSA) is 140 Å². The lowest BCUT2D eigenvalue weighted by Gasteiger charge is -2.55. The molecule has 1 aliphatic carbocycles. The Morgan fingerprint density at radius 2 is 1.42 bits per heavy atom. The van der Waals surface area contributed by atoms with Gasteiger partial charge in [0.1, 0.15) is 17.5 Å². The average Bonchev–Trinajstić information content (AvgIpc) is 1.74. The predicted molar refractivity (Wildman–Crippen MR) is 345 cm³/mol. The highest BCUT2D eigenvalue weighted by molar-refractivity contribution is 6.99. The minimum absolute atomic E-state index is 0.0365. The third-order valence-corrected chi connectivity index (χ3v) is 36.9. The van der Waals surface area contributed by atoms with Gasteiger partial charge < -0.3 is 37.0 Å². The van der Waals surface area contributed by atoms with Crippen molar-refractivity contribution >= 4 is 41.1 Å². The standard InChI is InChI=1S/C69H109N3O9Si3/c1-17-83(18-2,19-3)81-65(14)38-36-54-42-49(4)28-26-34-59(73)66(44-50(5)52(7)47-71-72-70)39-35-53(48-74-84(64(11,12)13,56-30-22-20-23-31-56)57-32-24-21-25-33-57)43-58(66)61-62-60(79-82(15,16)63(8,9)10)51(6)45-68(77-61,78-62)46-55-29-27-37-67(75-55)40-41-69(65,76-54)80-67/h20-25,30-33,43,50-52,54-55,58,60-62H,4,17-19,26-29,34-42,44-48H2,1-3,5-16H3/t50-,51+,52-,54-,55+,58+,60+,61-,62+,65+,66+,67+,68+,69+/m0/s1. The lowest BCUT2D eigenvalue weighted by molar-refractivity contribution is -0.400. The van der Waals surface area contributed by atoms with Crippen LogP contribution in [0.2, 0.25) is 41.3 Å². The number of hydrogen-bond acceptors (Lipinski definition) is 10. The maximum Gasteiger partial charge on any atom is 0.261 e. The summed E-state index contributed by atoms with van der Waals surface area (Å²) in [6, 6.07) is 24.9. The minimum atomic E-state index is -2.97. The van der Waals surface area contributed by atoms with Gasteiger partial charge in [0.15, 0.2) is 34.0 Å². The summed E-state index contributed by atoms with van der Waals surface area (Å²) in [5.41, 5.74) is 10.4. The lowest BCUT2D eigenvalue weighted by atomic mass is 9.57. The second-order valence-electron chi connectivity index (χ2n) is 30.3. The van der Waals surface area contributed by atoms with Crippen LogP contribution < -0.4 is 10.4 Å². The second kappa shape index (κ2) is 25.3. The molecular formula is C69H109N3O9Si3. The molecule has 0 saturated carbocycles. The number of ketones is 1. The molecule has 0 amide bonds. The van der Waals surface area contributed by atoms with E-state index in [0.717, 1.165) is 62.2 Å². The van der Waals surface area contributed by atoms with Crippen LogP contribution in [0, 0.1) is 29.1 Å². The van der Waals surface area contributed by atoms with Crippen LogP contribution in [0.4, 0.5) is 0 Å². The van der Waals surface area contributed by atoms with Gasteiger partial charge in [-0.25, -0.2) is 0 Å². The zero-order chi connectivity index (χ0) is 60.8. The van der Waals surface area contributed by atoms with E-state index in [1.165, 1.54) is 15.9 Å². The van der Waals surface area contributed by atoms with Crippen molar-refractivity contribution in [3.05, 3.63) is 94.9 Å². The maximum absolute atomic E-state index is 16.4. The van der Waals surface area contributed by atoms with Gasteiger partial charge in [0, 0.05) is 61.3 Å². The van der Waals surface area contributed by atoms with Crippen molar-refractivity contribution < 1.29 is 41.8 Å². The average molecular weight is 1210 g/mol. The van der Waals surface area contributed by atoms with Gasteiger partial charge in [-0.15, -0.1) is 0 Å². The summed E-state index contributed by atoms with van der Waals surface area (Å²) < 4.78 is 61.5. The molecule has 7 bridgehead atoms. The molecule has 0 aromatic heterocycles. The molecule has 12 nitrogen and oxygen atoms in total.